The van der Waals surface area contributed by atoms with Crippen LogP contribution in [0.15, 0.2) is 0 Å². The molecular weight excluding hydrogens is 278 g/mol. The monoisotopic (exact) mass is 313 g/mol. The summed E-state index contributed by atoms with van der Waals surface area (Å²) in [6.45, 7) is 16.7. The number of hydrogen-bond acceptors (Lipinski definition) is 4. The third-order valence-corrected chi connectivity index (χ3v) is 4.17. The summed E-state index contributed by atoms with van der Waals surface area (Å²) in [6.07, 6.45) is 2.12. The van der Waals surface area contributed by atoms with Crippen LogP contribution in [-0.4, -0.2) is 67.3 Å². The first kappa shape index (κ1) is 19.2. The average Bonchev–Trinajstić information content (AvgIpc) is 2.46. The van der Waals surface area contributed by atoms with E-state index in [4.69, 9.17) is 4.74 Å². The van der Waals surface area contributed by atoms with Crippen molar-refractivity contribution in [3.63, 3.8) is 0 Å². The molecule has 1 N–H and O–H groups in total. The van der Waals surface area contributed by atoms with Gasteiger partial charge in [0.25, 0.3) is 0 Å². The fourth-order valence-corrected chi connectivity index (χ4v) is 2.76. The quantitative estimate of drug-likeness (QED) is 0.784. The minimum Gasteiger partial charge on any atom is -0.444 e. The van der Waals surface area contributed by atoms with Crippen LogP contribution in [0.3, 0.4) is 0 Å². The second-order valence-electron chi connectivity index (χ2n) is 7.15. The van der Waals surface area contributed by atoms with Gasteiger partial charge in [0.2, 0.25) is 0 Å². The Bertz CT molecular complexity index is 318. The fraction of sp³-hybridized carbons (Fsp3) is 0.941. The van der Waals surface area contributed by atoms with E-state index in [2.05, 4.69) is 24.1 Å². The van der Waals surface area contributed by atoms with Gasteiger partial charge in [0, 0.05) is 19.6 Å². The van der Waals surface area contributed by atoms with Gasteiger partial charge in [-0.15, -0.1) is 0 Å². The average molecular weight is 313 g/mol. The van der Waals surface area contributed by atoms with E-state index < -0.39 is 5.60 Å². The molecule has 1 amide bonds. The summed E-state index contributed by atoms with van der Waals surface area (Å²) >= 11 is 0. The Kier molecular flexibility index (Phi) is 8.18. The van der Waals surface area contributed by atoms with Crippen molar-refractivity contribution in [1.82, 2.24) is 15.1 Å². The lowest BCUT2D eigenvalue weighted by Crippen LogP contribution is -2.45. The highest BCUT2D eigenvalue weighted by Gasteiger charge is 2.25. The van der Waals surface area contributed by atoms with E-state index in [0.29, 0.717) is 5.92 Å². The van der Waals surface area contributed by atoms with Crippen molar-refractivity contribution in [2.24, 2.45) is 5.92 Å². The molecule has 0 aromatic rings. The molecule has 0 aromatic carbocycles. The van der Waals surface area contributed by atoms with Gasteiger partial charge in [-0.2, -0.15) is 0 Å². The maximum atomic E-state index is 12.5. The van der Waals surface area contributed by atoms with E-state index in [1.165, 1.54) is 0 Å². The van der Waals surface area contributed by atoms with Crippen molar-refractivity contribution < 1.29 is 9.53 Å². The van der Waals surface area contributed by atoms with Crippen LogP contribution >= 0.6 is 0 Å². The summed E-state index contributed by atoms with van der Waals surface area (Å²) in [4.78, 5) is 16.8. The molecule has 1 saturated heterocycles. The van der Waals surface area contributed by atoms with Gasteiger partial charge < -0.3 is 19.9 Å². The molecule has 0 spiro atoms. The van der Waals surface area contributed by atoms with Crippen LogP contribution in [0.2, 0.25) is 0 Å². The van der Waals surface area contributed by atoms with Gasteiger partial charge >= 0.3 is 6.09 Å². The number of rotatable bonds is 7. The van der Waals surface area contributed by atoms with Crippen molar-refractivity contribution in [2.45, 2.75) is 53.1 Å². The third-order valence-electron chi connectivity index (χ3n) is 4.17. The molecular formula is C17H35N3O2. The van der Waals surface area contributed by atoms with Crippen LogP contribution in [0.4, 0.5) is 4.79 Å². The summed E-state index contributed by atoms with van der Waals surface area (Å²) in [6, 6.07) is 0. The van der Waals surface area contributed by atoms with E-state index in [1.54, 1.807) is 0 Å². The number of carbonyl (C=O) groups excluding carboxylic acids is 1. The topological polar surface area (TPSA) is 44.8 Å². The largest absolute Gasteiger partial charge is 0.444 e. The number of likely N-dealkylation sites (N-methyl/N-ethyl adjacent to an activating group) is 1. The van der Waals surface area contributed by atoms with Crippen LogP contribution in [0, 0.1) is 5.92 Å². The first-order chi connectivity index (χ1) is 10.4. The third kappa shape index (κ3) is 7.45. The minimum atomic E-state index is -0.432. The van der Waals surface area contributed by atoms with E-state index in [0.717, 1.165) is 58.7 Å². The van der Waals surface area contributed by atoms with Gasteiger partial charge in [0.05, 0.1) is 0 Å². The Hall–Kier alpha value is -0.810. The summed E-state index contributed by atoms with van der Waals surface area (Å²) in [5.41, 5.74) is -0.432. The highest BCUT2D eigenvalue weighted by molar-refractivity contribution is 5.68. The zero-order chi connectivity index (χ0) is 16.6. The smallest absolute Gasteiger partial charge is 0.410 e. The molecule has 1 rings (SSSR count). The number of ether oxygens (including phenoxy) is 1. The standard InChI is InChI=1S/C17H35N3O2/c1-6-19(7-2)12-13-20(16(21)22-17(3,4)5)14-15-8-10-18-11-9-15/h15,18H,6-14H2,1-5H3. The van der Waals surface area contributed by atoms with Gasteiger partial charge in [-0.1, -0.05) is 13.8 Å². The maximum Gasteiger partial charge on any atom is 0.410 e. The molecule has 0 aliphatic carbocycles. The van der Waals surface area contributed by atoms with Crippen molar-refractivity contribution in [2.75, 3.05) is 45.8 Å². The molecule has 22 heavy (non-hydrogen) atoms. The van der Waals surface area contributed by atoms with Crippen molar-refractivity contribution in [3.8, 4) is 0 Å². The SMILES string of the molecule is CCN(CC)CCN(CC1CCNCC1)C(=O)OC(C)(C)C. The molecule has 0 aromatic heterocycles. The molecule has 0 atom stereocenters. The lowest BCUT2D eigenvalue weighted by Gasteiger charge is -2.33. The first-order valence-electron chi connectivity index (χ1n) is 8.76. The van der Waals surface area contributed by atoms with Crippen molar-refractivity contribution in [3.05, 3.63) is 0 Å². The normalized spacial score (nSPS) is 16.8. The van der Waals surface area contributed by atoms with Crippen molar-refractivity contribution >= 4 is 6.09 Å². The summed E-state index contributed by atoms with van der Waals surface area (Å²) in [5.74, 6) is 0.588. The maximum absolute atomic E-state index is 12.5. The molecule has 1 fully saturated rings. The van der Waals surface area contributed by atoms with E-state index >= 15 is 0 Å². The molecule has 5 nitrogen and oxygen atoms in total. The predicted molar refractivity (Wildman–Crippen MR) is 91.2 cm³/mol. The Morgan fingerprint density at radius 3 is 2.23 bits per heavy atom. The molecule has 0 saturated carbocycles. The van der Waals surface area contributed by atoms with Gasteiger partial charge in [-0.3, -0.25) is 0 Å². The molecule has 0 radical (unpaired) electrons. The van der Waals surface area contributed by atoms with Crippen LogP contribution in [0.1, 0.15) is 47.5 Å². The summed E-state index contributed by atoms with van der Waals surface area (Å²) in [7, 11) is 0. The lowest BCUT2D eigenvalue weighted by atomic mass is 9.97. The zero-order valence-electron chi connectivity index (χ0n) is 15.2. The summed E-state index contributed by atoms with van der Waals surface area (Å²) < 4.78 is 5.59. The van der Waals surface area contributed by atoms with E-state index in [9.17, 15) is 4.79 Å². The molecule has 5 heteroatoms. The molecule has 1 aliphatic heterocycles. The number of nitrogens with one attached hydrogen (secondary N) is 1. The van der Waals surface area contributed by atoms with E-state index in [-0.39, 0.29) is 6.09 Å². The number of hydrogen-bond donors (Lipinski definition) is 1. The van der Waals surface area contributed by atoms with Crippen LogP contribution in [0.25, 0.3) is 0 Å². The van der Waals surface area contributed by atoms with Gasteiger partial charge in [-0.25, -0.2) is 4.79 Å². The van der Waals surface area contributed by atoms with Gasteiger partial charge in [0.1, 0.15) is 5.60 Å². The van der Waals surface area contributed by atoms with Gasteiger partial charge in [-0.05, 0) is 65.7 Å². The molecule has 1 aliphatic rings. The van der Waals surface area contributed by atoms with Crippen LogP contribution in [-0.2, 0) is 4.74 Å². The zero-order valence-corrected chi connectivity index (χ0v) is 15.2. The fourth-order valence-electron chi connectivity index (χ4n) is 2.76. The van der Waals surface area contributed by atoms with Crippen molar-refractivity contribution in [1.29, 1.82) is 0 Å². The first-order valence-corrected chi connectivity index (χ1v) is 8.76. The Morgan fingerprint density at radius 2 is 1.73 bits per heavy atom. The Balaban J connectivity index is 2.60. The highest BCUT2D eigenvalue weighted by Crippen LogP contribution is 2.16. The minimum absolute atomic E-state index is 0.168. The summed E-state index contributed by atoms with van der Waals surface area (Å²) in [5, 5.41) is 3.38. The second kappa shape index (κ2) is 9.36. The molecule has 0 bridgehead atoms. The molecule has 0 unspecified atom stereocenters. The number of nitrogens with zero attached hydrogens (tertiary/aromatic N) is 2. The number of amides is 1. The lowest BCUT2D eigenvalue weighted by molar-refractivity contribution is 0.0193. The molecule has 1 heterocycles. The number of piperidine rings is 1. The molecule has 130 valence electrons. The van der Waals surface area contributed by atoms with Crippen LogP contribution in [0.5, 0.6) is 0 Å². The highest BCUT2D eigenvalue weighted by atomic mass is 16.6. The van der Waals surface area contributed by atoms with E-state index in [1.807, 2.05) is 25.7 Å². The number of carbonyl (C=O) groups is 1. The van der Waals surface area contributed by atoms with Crippen LogP contribution < -0.4 is 5.32 Å². The second-order valence-corrected chi connectivity index (χ2v) is 7.15. The predicted octanol–water partition coefficient (Wildman–Crippen LogP) is 2.56. The Morgan fingerprint density at radius 1 is 1.14 bits per heavy atom. The Labute approximate surface area is 136 Å². The van der Waals surface area contributed by atoms with Gasteiger partial charge in [0.15, 0.2) is 0 Å².